The molecule has 0 aromatic heterocycles. The van der Waals surface area contributed by atoms with Crippen LogP contribution in [-0.2, 0) is 0 Å². The van der Waals surface area contributed by atoms with Crippen LogP contribution in [0.3, 0.4) is 0 Å². The average molecular weight is 523 g/mol. The molecule has 4 aliphatic rings. The third-order valence-corrected chi connectivity index (χ3v) is 7.13. The van der Waals surface area contributed by atoms with Crippen LogP contribution in [0.2, 0.25) is 0 Å². The molecular formula is C26H34N8O2S. The maximum atomic E-state index is 5.76. The van der Waals surface area contributed by atoms with E-state index in [2.05, 4.69) is 30.5 Å². The second kappa shape index (κ2) is 10.5. The number of anilines is 2. The van der Waals surface area contributed by atoms with Crippen LogP contribution >= 0.6 is 11.3 Å². The molecule has 0 spiro atoms. The van der Waals surface area contributed by atoms with Gasteiger partial charge in [0.25, 0.3) is 0 Å². The summed E-state index contributed by atoms with van der Waals surface area (Å²) in [5, 5.41) is 9.07. The van der Waals surface area contributed by atoms with Crippen LogP contribution in [0.4, 0.5) is 10.9 Å². The number of hydrogen-bond donors (Lipinski definition) is 2. The third kappa shape index (κ3) is 4.80. The van der Waals surface area contributed by atoms with E-state index in [0.29, 0.717) is 18.0 Å². The molecule has 0 aliphatic carbocycles. The van der Waals surface area contributed by atoms with E-state index in [0.717, 1.165) is 69.1 Å². The molecule has 1 atom stereocenters. The van der Waals surface area contributed by atoms with Crippen LogP contribution in [0.1, 0.15) is 38.4 Å². The van der Waals surface area contributed by atoms with Crippen molar-refractivity contribution in [2.24, 2.45) is 9.98 Å². The van der Waals surface area contributed by atoms with Gasteiger partial charge in [0, 0.05) is 45.9 Å². The average Bonchev–Trinajstić information content (AvgIpc) is 3.36. The number of hydrogen-bond acceptors (Lipinski definition) is 11. The van der Waals surface area contributed by atoms with Gasteiger partial charge in [-0.05, 0) is 37.1 Å². The maximum absolute atomic E-state index is 5.76. The van der Waals surface area contributed by atoms with Crippen molar-refractivity contribution in [1.82, 2.24) is 20.2 Å². The number of rotatable bonds is 7. The maximum Gasteiger partial charge on any atom is 0.231 e. The standard InChI is InChI=1S/C26H34N8O2S/c1-7-11-27-21-19-18(15-9-10-16-17(13-15)36-14-35-16)20-22(28-12-8-2)30-26(34(5)6)32-24(20)37-23(19)31-25(29-21)33(3)4/h9-10,13,21,27H,7-8,11-12,14H2,1-6H3,(H,29,31). The first-order chi connectivity index (χ1) is 17.9. The summed E-state index contributed by atoms with van der Waals surface area (Å²) >= 11 is 1.61. The number of nitrogens with zero attached hydrogens (tertiary/aromatic N) is 6. The van der Waals surface area contributed by atoms with E-state index < -0.39 is 0 Å². The minimum absolute atomic E-state index is 0.222. The quantitative estimate of drug-likeness (QED) is 0.484. The zero-order chi connectivity index (χ0) is 26.1. The molecule has 0 amide bonds. The highest BCUT2D eigenvalue weighted by Gasteiger charge is 2.32. The Morgan fingerprint density at radius 3 is 2.59 bits per heavy atom. The molecule has 11 heteroatoms. The van der Waals surface area contributed by atoms with Crippen molar-refractivity contribution in [3.8, 4) is 33.2 Å². The fourth-order valence-electron chi connectivity index (χ4n) is 4.32. The lowest BCUT2D eigenvalue weighted by Gasteiger charge is -2.31. The molecule has 1 aromatic rings. The summed E-state index contributed by atoms with van der Waals surface area (Å²) < 4.78 is 11.4. The highest BCUT2D eigenvalue weighted by molar-refractivity contribution is 7.19. The number of ether oxygens (including phenoxy) is 2. The number of aromatic nitrogens is 2. The van der Waals surface area contributed by atoms with E-state index in [4.69, 9.17) is 29.4 Å². The largest absolute Gasteiger partial charge is 0.454 e. The Morgan fingerprint density at radius 2 is 1.86 bits per heavy atom. The highest BCUT2D eigenvalue weighted by Crippen LogP contribution is 2.48. The van der Waals surface area contributed by atoms with Gasteiger partial charge in [-0.25, -0.2) is 9.98 Å². The summed E-state index contributed by atoms with van der Waals surface area (Å²) in [7, 11) is 7.89. The van der Waals surface area contributed by atoms with Gasteiger partial charge in [-0.1, -0.05) is 31.3 Å². The lowest BCUT2D eigenvalue weighted by atomic mass is 9.94. The van der Waals surface area contributed by atoms with Gasteiger partial charge in [0.1, 0.15) is 16.2 Å². The summed E-state index contributed by atoms with van der Waals surface area (Å²) in [6.45, 7) is 6.01. The Hall–Kier alpha value is -3.44. The fourth-order valence-corrected chi connectivity index (χ4v) is 5.41. The van der Waals surface area contributed by atoms with Crippen LogP contribution < -0.4 is 30.5 Å². The molecule has 0 fully saturated rings. The van der Waals surface area contributed by atoms with Crippen molar-refractivity contribution < 1.29 is 9.47 Å². The van der Waals surface area contributed by atoms with E-state index in [9.17, 15) is 0 Å². The molecule has 5 rings (SSSR count). The molecule has 10 nitrogen and oxygen atoms in total. The molecular weight excluding hydrogens is 488 g/mol. The van der Waals surface area contributed by atoms with Gasteiger partial charge in [0.15, 0.2) is 17.0 Å². The van der Waals surface area contributed by atoms with Crippen LogP contribution in [-0.4, -0.2) is 68.9 Å². The summed E-state index contributed by atoms with van der Waals surface area (Å²) in [6, 6.07) is 6.07. The second-order valence-corrected chi connectivity index (χ2v) is 10.4. The molecule has 0 bridgehead atoms. The summed E-state index contributed by atoms with van der Waals surface area (Å²) in [5.74, 6) is 2.90. The molecule has 1 aromatic carbocycles. The minimum Gasteiger partial charge on any atom is -0.454 e. The molecule has 196 valence electrons. The van der Waals surface area contributed by atoms with Gasteiger partial charge in [-0.3, -0.25) is 10.3 Å². The summed E-state index contributed by atoms with van der Waals surface area (Å²) in [6.07, 6.45) is 1.67. The summed E-state index contributed by atoms with van der Waals surface area (Å²) in [5.41, 5.74) is 4.67. The van der Waals surface area contributed by atoms with Gasteiger partial charge in [0.2, 0.25) is 18.7 Å². The molecule has 1 unspecified atom stereocenters. The molecule has 2 N–H and O–H groups in total. The normalized spacial score (nSPS) is 16.4. The van der Waals surface area contributed by atoms with Crippen molar-refractivity contribution in [2.75, 3.05) is 58.3 Å². The highest BCUT2D eigenvalue weighted by atomic mass is 32.1. The van der Waals surface area contributed by atoms with E-state index in [-0.39, 0.29) is 13.0 Å². The van der Waals surface area contributed by atoms with E-state index in [1.165, 1.54) is 0 Å². The number of aliphatic imine (C=N–C) groups is 1. The van der Waals surface area contributed by atoms with Gasteiger partial charge in [-0.2, -0.15) is 4.98 Å². The molecule has 37 heavy (non-hydrogen) atoms. The first-order valence-corrected chi connectivity index (χ1v) is 13.4. The molecule has 4 aliphatic heterocycles. The van der Waals surface area contributed by atoms with Gasteiger partial charge in [0.05, 0.1) is 5.56 Å². The Morgan fingerprint density at radius 1 is 1.05 bits per heavy atom. The van der Waals surface area contributed by atoms with Crippen molar-refractivity contribution in [3.63, 3.8) is 0 Å². The molecule has 0 saturated carbocycles. The van der Waals surface area contributed by atoms with Crippen LogP contribution in [0.5, 0.6) is 11.5 Å². The second-order valence-electron chi connectivity index (χ2n) is 9.42. The predicted octanol–water partition coefficient (Wildman–Crippen LogP) is 3.76. The first-order valence-electron chi connectivity index (χ1n) is 12.6. The predicted molar refractivity (Wildman–Crippen MR) is 149 cm³/mol. The van der Waals surface area contributed by atoms with Crippen molar-refractivity contribution in [1.29, 1.82) is 0 Å². The zero-order valence-corrected chi connectivity index (χ0v) is 23.1. The molecule has 0 saturated heterocycles. The Kier molecular flexibility index (Phi) is 7.16. The van der Waals surface area contributed by atoms with Gasteiger partial charge >= 0.3 is 0 Å². The molecule has 0 radical (unpaired) electrons. The fraction of sp³-hybridized carbons (Fsp3) is 0.462. The number of nitrogens with one attached hydrogen (secondary N) is 2. The number of fused-ring (bicyclic) bond motifs is 3. The Bertz CT molecular complexity index is 1370. The lowest BCUT2D eigenvalue weighted by molar-refractivity contribution is 0.174. The Labute approximate surface area is 221 Å². The monoisotopic (exact) mass is 522 g/mol. The van der Waals surface area contributed by atoms with Crippen LogP contribution in [0.25, 0.3) is 21.7 Å². The first kappa shape index (κ1) is 25.2. The van der Waals surface area contributed by atoms with Crippen molar-refractivity contribution >= 4 is 28.2 Å². The lowest BCUT2D eigenvalue weighted by Crippen LogP contribution is -2.37. The minimum atomic E-state index is -0.248. The SMILES string of the molecule is CCCN=c1nc(N(C)C)nc2sc3c(c(-c4ccc5c(c4)OCO5)c1-2)C(NCCC)N=C(N(C)C)N3. The third-order valence-electron chi connectivity index (χ3n) is 6.12. The van der Waals surface area contributed by atoms with E-state index >= 15 is 0 Å². The van der Waals surface area contributed by atoms with E-state index in [1.54, 1.807) is 11.3 Å². The van der Waals surface area contributed by atoms with Crippen LogP contribution in [0.15, 0.2) is 28.2 Å². The number of benzene rings is 1. The van der Waals surface area contributed by atoms with E-state index in [1.807, 2.05) is 50.1 Å². The zero-order valence-electron chi connectivity index (χ0n) is 22.3. The molecule has 4 heterocycles. The van der Waals surface area contributed by atoms with Crippen molar-refractivity contribution in [2.45, 2.75) is 32.9 Å². The Balaban J connectivity index is 1.87. The van der Waals surface area contributed by atoms with Gasteiger partial charge < -0.3 is 24.6 Å². The van der Waals surface area contributed by atoms with Crippen molar-refractivity contribution in [3.05, 3.63) is 29.3 Å². The van der Waals surface area contributed by atoms with Gasteiger partial charge in [-0.15, -0.1) is 0 Å². The topological polar surface area (TPSA) is 99.5 Å². The van der Waals surface area contributed by atoms with Crippen LogP contribution in [0, 0.1) is 0 Å². The number of guanidine groups is 1. The smallest absolute Gasteiger partial charge is 0.231 e. The summed E-state index contributed by atoms with van der Waals surface area (Å²) in [4.78, 5) is 23.8.